The van der Waals surface area contributed by atoms with Gasteiger partial charge in [0.05, 0.1) is 0 Å². The molecule has 0 saturated heterocycles. The minimum absolute atomic E-state index is 0.0695. The summed E-state index contributed by atoms with van der Waals surface area (Å²) in [4.78, 5) is 0. The molecule has 21 heavy (non-hydrogen) atoms. The molecule has 0 bridgehead atoms. The molecule has 0 saturated carbocycles. The van der Waals surface area contributed by atoms with Crippen LogP contribution in [-0.2, 0) is 0 Å². The van der Waals surface area contributed by atoms with Crippen LogP contribution in [-0.4, -0.2) is 5.11 Å². The summed E-state index contributed by atoms with van der Waals surface area (Å²) in [5.74, 6) is -2.55. The minimum atomic E-state index is -1.46. The highest BCUT2D eigenvalue weighted by molar-refractivity contribution is 5.82. The van der Waals surface area contributed by atoms with E-state index >= 15 is 0 Å². The van der Waals surface area contributed by atoms with Gasteiger partial charge in [-0.1, -0.05) is 12.1 Å². The van der Waals surface area contributed by atoms with Crippen LogP contribution in [0, 0.1) is 24.4 Å². The number of aliphatic hydroxyl groups is 1. The van der Waals surface area contributed by atoms with Crippen LogP contribution in [0.15, 0.2) is 40.8 Å². The predicted molar refractivity (Wildman–Crippen MR) is 71.3 cm³/mol. The van der Waals surface area contributed by atoms with Crippen molar-refractivity contribution in [3.63, 3.8) is 0 Å². The number of rotatable bonds is 2. The Hall–Kier alpha value is -2.27. The van der Waals surface area contributed by atoms with Gasteiger partial charge in [0, 0.05) is 16.5 Å². The van der Waals surface area contributed by atoms with Crippen molar-refractivity contribution in [1.29, 1.82) is 0 Å². The Balaban J connectivity index is 2.15. The number of benzene rings is 2. The lowest BCUT2D eigenvalue weighted by molar-refractivity contribution is 0.185. The minimum Gasteiger partial charge on any atom is -0.458 e. The van der Waals surface area contributed by atoms with E-state index in [2.05, 4.69) is 0 Å². The SMILES string of the molecule is Cc1c(C(O)c2cccc(F)c2F)oc2ccc(F)cc12. The van der Waals surface area contributed by atoms with Crippen LogP contribution in [0.5, 0.6) is 0 Å². The predicted octanol–water partition coefficient (Wildman–Crippen LogP) is 4.24. The third kappa shape index (κ3) is 2.19. The Morgan fingerprint density at radius 3 is 2.62 bits per heavy atom. The van der Waals surface area contributed by atoms with Crippen molar-refractivity contribution >= 4 is 11.0 Å². The topological polar surface area (TPSA) is 33.4 Å². The van der Waals surface area contributed by atoms with E-state index in [9.17, 15) is 18.3 Å². The molecule has 3 aromatic rings. The zero-order chi connectivity index (χ0) is 15.1. The summed E-state index contributed by atoms with van der Waals surface area (Å²) in [5.41, 5.74) is 0.637. The van der Waals surface area contributed by atoms with Crippen molar-refractivity contribution in [2.24, 2.45) is 0 Å². The highest BCUT2D eigenvalue weighted by Gasteiger charge is 2.24. The first-order chi connectivity index (χ1) is 9.99. The molecule has 2 nitrogen and oxygen atoms in total. The molecule has 1 aromatic heterocycles. The molecule has 2 aromatic carbocycles. The highest BCUT2D eigenvalue weighted by atomic mass is 19.2. The first-order valence-electron chi connectivity index (χ1n) is 6.29. The Bertz CT molecular complexity index is 824. The molecule has 1 atom stereocenters. The third-order valence-corrected chi connectivity index (χ3v) is 3.46. The monoisotopic (exact) mass is 292 g/mol. The van der Waals surface area contributed by atoms with E-state index in [4.69, 9.17) is 4.42 Å². The molecule has 0 aliphatic carbocycles. The normalized spacial score (nSPS) is 12.8. The lowest BCUT2D eigenvalue weighted by Crippen LogP contribution is -2.04. The van der Waals surface area contributed by atoms with Crippen LogP contribution in [0.3, 0.4) is 0 Å². The van der Waals surface area contributed by atoms with E-state index in [1.165, 1.54) is 30.3 Å². The van der Waals surface area contributed by atoms with Crippen LogP contribution in [0.4, 0.5) is 13.2 Å². The van der Waals surface area contributed by atoms with Gasteiger partial charge in [-0.05, 0) is 31.2 Å². The second-order valence-electron chi connectivity index (χ2n) is 4.78. The lowest BCUT2D eigenvalue weighted by Gasteiger charge is -2.10. The molecule has 1 heterocycles. The van der Waals surface area contributed by atoms with Crippen LogP contribution in [0.1, 0.15) is 23.0 Å². The average Bonchev–Trinajstić information content (AvgIpc) is 2.78. The molecule has 0 fully saturated rings. The van der Waals surface area contributed by atoms with Gasteiger partial charge in [0.2, 0.25) is 0 Å². The number of furan rings is 1. The molecular weight excluding hydrogens is 281 g/mol. The highest BCUT2D eigenvalue weighted by Crippen LogP contribution is 2.34. The molecule has 0 aliphatic heterocycles. The molecule has 108 valence electrons. The molecule has 0 amide bonds. The summed E-state index contributed by atoms with van der Waals surface area (Å²) in [6, 6.07) is 7.46. The number of hydrogen-bond acceptors (Lipinski definition) is 2. The van der Waals surface area contributed by atoms with Gasteiger partial charge in [-0.25, -0.2) is 13.2 Å². The molecular formula is C16H11F3O2. The van der Waals surface area contributed by atoms with Gasteiger partial charge in [-0.2, -0.15) is 0 Å². The van der Waals surface area contributed by atoms with E-state index in [0.29, 0.717) is 16.5 Å². The van der Waals surface area contributed by atoms with Crippen molar-refractivity contribution in [2.45, 2.75) is 13.0 Å². The Morgan fingerprint density at radius 1 is 1.10 bits per heavy atom. The molecule has 5 heteroatoms. The van der Waals surface area contributed by atoms with Crippen molar-refractivity contribution in [2.75, 3.05) is 0 Å². The van der Waals surface area contributed by atoms with Crippen molar-refractivity contribution in [3.05, 3.63) is 70.7 Å². The largest absolute Gasteiger partial charge is 0.458 e. The van der Waals surface area contributed by atoms with E-state index in [1.54, 1.807) is 6.92 Å². The molecule has 0 spiro atoms. The molecule has 3 rings (SSSR count). The first kappa shape index (κ1) is 13.7. The Kier molecular flexibility index (Phi) is 3.22. The fourth-order valence-corrected chi connectivity index (χ4v) is 2.35. The van der Waals surface area contributed by atoms with Crippen LogP contribution in [0.2, 0.25) is 0 Å². The van der Waals surface area contributed by atoms with Gasteiger partial charge in [0.1, 0.15) is 23.3 Å². The average molecular weight is 292 g/mol. The van der Waals surface area contributed by atoms with E-state index < -0.39 is 23.6 Å². The van der Waals surface area contributed by atoms with Crippen LogP contribution in [0.25, 0.3) is 11.0 Å². The third-order valence-electron chi connectivity index (χ3n) is 3.46. The Morgan fingerprint density at radius 2 is 1.86 bits per heavy atom. The maximum Gasteiger partial charge on any atom is 0.165 e. The first-order valence-corrected chi connectivity index (χ1v) is 6.29. The van der Waals surface area contributed by atoms with Gasteiger partial charge in [-0.15, -0.1) is 0 Å². The fraction of sp³-hybridized carbons (Fsp3) is 0.125. The maximum atomic E-state index is 13.8. The standard InChI is InChI=1S/C16H11F3O2/c1-8-11-7-9(17)5-6-13(11)21-16(8)15(20)10-3-2-4-12(18)14(10)19/h2-7,15,20H,1H3. The van der Waals surface area contributed by atoms with Gasteiger partial charge in [0.15, 0.2) is 11.6 Å². The molecule has 1 N–H and O–H groups in total. The maximum absolute atomic E-state index is 13.8. The lowest BCUT2D eigenvalue weighted by atomic mass is 10.0. The summed E-state index contributed by atoms with van der Waals surface area (Å²) in [5, 5.41) is 10.7. The van der Waals surface area contributed by atoms with Crippen LogP contribution >= 0.6 is 0 Å². The summed E-state index contributed by atoms with van der Waals surface area (Å²) >= 11 is 0. The summed E-state index contributed by atoms with van der Waals surface area (Å²) in [7, 11) is 0. The number of fused-ring (bicyclic) bond motifs is 1. The number of aliphatic hydroxyl groups excluding tert-OH is 1. The van der Waals surface area contributed by atoms with Gasteiger partial charge in [-0.3, -0.25) is 0 Å². The van der Waals surface area contributed by atoms with E-state index in [0.717, 1.165) is 6.07 Å². The number of halogens is 3. The van der Waals surface area contributed by atoms with Gasteiger partial charge >= 0.3 is 0 Å². The number of hydrogen-bond donors (Lipinski definition) is 1. The van der Waals surface area contributed by atoms with E-state index in [1.807, 2.05) is 0 Å². The summed E-state index contributed by atoms with van der Waals surface area (Å²) < 4.78 is 45.7. The fourth-order valence-electron chi connectivity index (χ4n) is 2.35. The second-order valence-corrected chi connectivity index (χ2v) is 4.78. The number of aryl methyl sites for hydroxylation is 1. The summed E-state index contributed by atoms with van der Waals surface area (Å²) in [6.07, 6.45) is -1.46. The van der Waals surface area contributed by atoms with Crippen LogP contribution < -0.4 is 0 Å². The summed E-state index contributed by atoms with van der Waals surface area (Å²) in [6.45, 7) is 1.63. The molecule has 0 radical (unpaired) electrons. The molecule has 0 aliphatic rings. The van der Waals surface area contributed by atoms with E-state index in [-0.39, 0.29) is 11.3 Å². The van der Waals surface area contributed by atoms with Crippen molar-refractivity contribution < 1.29 is 22.7 Å². The zero-order valence-electron chi connectivity index (χ0n) is 11.0. The zero-order valence-corrected chi connectivity index (χ0v) is 11.0. The van der Waals surface area contributed by atoms with Crippen molar-refractivity contribution in [1.82, 2.24) is 0 Å². The quantitative estimate of drug-likeness (QED) is 0.766. The second kappa shape index (κ2) is 4.93. The van der Waals surface area contributed by atoms with Gasteiger partial charge in [0.25, 0.3) is 0 Å². The van der Waals surface area contributed by atoms with Gasteiger partial charge < -0.3 is 9.52 Å². The Labute approximate surface area is 118 Å². The van der Waals surface area contributed by atoms with Crippen molar-refractivity contribution in [3.8, 4) is 0 Å². The molecule has 1 unspecified atom stereocenters. The smallest absolute Gasteiger partial charge is 0.165 e.